The van der Waals surface area contributed by atoms with Gasteiger partial charge in [0.15, 0.2) is 0 Å². The average molecular weight is 354 g/mol. The largest absolute Gasteiger partial charge is 0.466 e. The minimum absolute atomic E-state index is 0.0897. The molecule has 136 valence electrons. The summed E-state index contributed by atoms with van der Waals surface area (Å²) < 4.78 is 11.3. The van der Waals surface area contributed by atoms with E-state index in [-0.39, 0.29) is 5.91 Å². The third-order valence-electron chi connectivity index (χ3n) is 4.04. The average Bonchev–Trinajstić information content (AvgIpc) is 3.20. The van der Waals surface area contributed by atoms with Crippen LogP contribution in [0.4, 0.5) is 0 Å². The van der Waals surface area contributed by atoms with E-state index in [4.69, 9.17) is 8.83 Å². The minimum Gasteiger partial charge on any atom is -0.466 e. The fraction of sp³-hybridized carbons (Fsp3) is 0.316. The zero-order chi connectivity index (χ0) is 18.7. The van der Waals surface area contributed by atoms with Crippen LogP contribution < -0.4 is 5.32 Å². The first-order chi connectivity index (χ1) is 12.5. The summed E-state index contributed by atoms with van der Waals surface area (Å²) in [4.78, 5) is 13.6. The van der Waals surface area contributed by atoms with Crippen molar-refractivity contribution in [3.05, 3.63) is 58.9 Å². The molecule has 0 fully saturated rings. The molecular formula is C19H22N4O3. The zero-order valence-corrected chi connectivity index (χ0v) is 15.4. The lowest BCUT2D eigenvalue weighted by molar-refractivity contribution is 0.0963. The van der Waals surface area contributed by atoms with Crippen LogP contribution in [-0.4, -0.2) is 35.1 Å². The SMILES string of the molecule is CNC(=O)c1ccc(CN(C)Cc2nnc(-c3cc(C)oc3C)o2)cc1. The molecule has 0 unspecified atom stereocenters. The maximum absolute atomic E-state index is 11.6. The summed E-state index contributed by atoms with van der Waals surface area (Å²) in [7, 11) is 3.60. The Bertz CT molecular complexity index is 896. The zero-order valence-electron chi connectivity index (χ0n) is 15.4. The van der Waals surface area contributed by atoms with Crippen molar-refractivity contribution in [1.29, 1.82) is 0 Å². The highest BCUT2D eigenvalue weighted by atomic mass is 16.4. The highest BCUT2D eigenvalue weighted by Gasteiger charge is 2.15. The first-order valence-corrected chi connectivity index (χ1v) is 8.35. The van der Waals surface area contributed by atoms with Crippen molar-refractivity contribution in [2.45, 2.75) is 26.9 Å². The van der Waals surface area contributed by atoms with Crippen molar-refractivity contribution in [3.63, 3.8) is 0 Å². The Kier molecular flexibility index (Phi) is 5.18. The summed E-state index contributed by atoms with van der Waals surface area (Å²) >= 11 is 0. The molecule has 0 aliphatic heterocycles. The number of carbonyl (C=O) groups excluding carboxylic acids is 1. The number of nitrogens with zero attached hydrogens (tertiary/aromatic N) is 3. The Labute approximate surface area is 152 Å². The fourth-order valence-corrected chi connectivity index (χ4v) is 2.77. The van der Waals surface area contributed by atoms with Crippen LogP contribution in [0.2, 0.25) is 0 Å². The predicted octanol–water partition coefficient (Wildman–Crippen LogP) is 2.94. The van der Waals surface area contributed by atoms with Crippen molar-refractivity contribution >= 4 is 5.91 Å². The summed E-state index contributed by atoms with van der Waals surface area (Å²) in [6, 6.07) is 9.41. The molecule has 7 heteroatoms. The van der Waals surface area contributed by atoms with Crippen molar-refractivity contribution in [2.75, 3.05) is 14.1 Å². The topological polar surface area (TPSA) is 84.4 Å². The molecule has 2 heterocycles. The molecule has 0 atom stereocenters. The van der Waals surface area contributed by atoms with E-state index >= 15 is 0 Å². The van der Waals surface area contributed by atoms with Crippen LogP contribution in [0, 0.1) is 13.8 Å². The maximum Gasteiger partial charge on any atom is 0.251 e. The number of furan rings is 1. The van der Waals surface area contributed by atoms with E-state index in [1.807, 2.05) is 51.2 Å². The third-order valence-corrected chi connectivity index (χ3v) is 4.04. The predicted molar refractivity (Wildman–Crippen MR) is 96.5 cm³/mol. The molecule has 1 N–H and O–H groups in total. The minimum atomic E-state index is -0.0897. The van der Waals surface area contributed by atoms with Crippen LogP contribution in [0.25, 0.3) is 11.5 Å². The molecule has 0 spiro atoms. The van der Waals surface area contributed by atoms with Gasteiger partial charge in [-0.15, -0.1) is 10.2 Å². The van der Waals surface area contributed by atoms with Crippen LogP contribution in [0.15, 0.2) is 39.2 Å². The molecule has 0 saturated heterocycles. The van der Waals surface area contributed by atoms with Gasteiger partial charge >= 0.3 is 0 Å². The van der Waals surface area contributed by atoms with Gasteiger partial charge in [-0.3, -0.25) is 9.69 Å². The van der Waals surface area contributed by atoms with Gasteiger partial charge in [0.2, 0.25) is 5.89 Å². The molecule has 7 nitrogen and oxygen atoms in total. The Hall–Kier alpha value is -2.93. The molecule has 2 aromatic heterocycles. The maximum atomic E-state index is 11.6. The van der Waals surface area contributed by atoms with Crippen LogP contribution in [0.1, 0.15) is 33.3 Å². The standard InChI is InChI=1S/C19H22N4O3/c1-12-9-16(13(2)25-12)19-22-21-17(26-19)11-23(4)10-14-5-7-15(8-6-14)18(24)20-3/h5-9H,10-11H2,1-4H3,(H,20,24). The normalized spacial score (nSPS) is 11.1. The van der Waals surface area contributed by atoms with Gasteiger partial charge in [-0.05, 0) is 44.7 Å². The Morgan fingerprint density at radius 2 is 1.85 bits per heavy atom. The number of amides is 1. The van der Waals surface area contributed by atoms with Gasteiger partial charge in [-0.2, -0.15) is 0 Å². The van der Waals surface area contributed by atoms with Crippen molar-refractivity contribution < 1.29 is 13.6 Å². The number of aryl methyl sites for hydroxylation is 2. The summed E-state index contributed by atoms with van der Waals surface area (Å²) in [6.07, 6.45) is 0. The van der Waals surface area contributed by atoms with E-state index in [9.17, 15) is 4.79 Å². The van der Waals surface area contributed by atoms with E-state index in [1.165, 1.54) is 0 Å². The van der Waals surface area contributed by atoms with Crippen molar-refractivity contribution in [1.82, 2.24) is 20.4 Å². The molecule has 26 heavy (non-hydrogen) atoms. The van der Waals surface area contributed by atoms with Crippen molar-refractivity contribution in [3.8, 4) is 11.5 Å². The molecule has 0 aliphatic carbocycles. The molecule has 0 saturated carbocycles. The highest BCUT2D eigenvalue weighted by molar-refractivity contribution is 5.93. The van der Waals surface area contributed by atoms with Crippen molar-refractivity contribution in [2.24, 2.45) is 0 Å². The molecule has 3 aromatic rings. The lowest BCUT2D eigenvalue weighted by Gasteiger charge is -2.14. The number of hydrogen-bond acceptors (Lipinski definition) is 6. The van der Waals surface area contributed by atoms with Gasteiger partial charge in [0.05, 0.1) is 12.1 Å². The second-order valence-corrected chi connectivity index (χ2v) is 6.28. The smallest absolute Gasteiger partial charge is 0.251 e. The quantitative estimate of drug-likeness (QED) is 0.733. The van der Waals surface area contributed by atoms with Gasteiger partial charge in [-0.25, -0.2) is 0 Å². The second kappa shape index (κ2) is 7.53. The third kappa shape index (κ3) is 4.00. The summed E-state index contributed by atoms with van der Waals surface area (Å²) in [5, 5.41) is 10.8. The lowest BCUT2D eigenvalue weighted by Crippen LogP contribution is -2.19. The highest BCUT2D eigenvalue weighted by Crippen LogP contribution is 2.25. The molecular weight excluding hydrogens is 332 g/mol. The molecule has 0 bridgehead atoms. The number of benzene rings is 1. The Morgan fingerprint density at radius 3 is 2.46 bits per heavy atom. The van der Waals surface area contributed by atoms with E-state index in [0.717, 1.165) is 22.6 Å². The summed E-state index contributed by atoms with van der Waals surface area (Å²) in [5.41, 5.74) is 2.57. The van der Waals surface area contributed by atoms with E-state index in [2.05, 4.69) is 20.4 Å². The van der Waals surface area contributed by atoms with E-state index in [0.29, 0.717) is 30.4 Å². The Balaban J connectivity index is 1.62. The molecule has 1 aromatic carbocycles. The van der Waals surface area contributed by atoms with Gasteiger partial charge in [0, 0.05) is 19.2 Å². The fourth-order valence-electron chi connectivity index (χ4n) is 2.77. The van der Waals surface area contributed by atoms with Crippen LogP contribution in [0.5, 0.6) is 0 Å². The molecule has 3 rings (SSSR count). The van der Waals surface area contributed by atoms with Crippen LogP contribution >= 0.6 is 0 Å². The summed E-state index contributed by atoms with van der Waals surface area (Å²) in [5.74, 6) is 2.50. The molecule has 0 aliphatic rings. The first kappa shape index (κ1) is 17.9. The number of hydrogen-bond donors (Lipinski definition) is 1. The van der Waals surface area contributed by atoms with Gasteiger partial charge in [-0.1, -0.05) is 12.1 Å². The molecule has 1 amide bonds. The van der Waals surface area contributed by atoms with E-state index < -0.39 is 0 Å². The monoisotopic (exact) mass is 354 g/mol. The van der Waals surface area contributed by atoms with Crippen LogP contribution in [0.3, 0.4) is 0 Å². The van der Waals surface area contributed by atoms with Gasteiger partial charge in [0.1, 0.15) is 11.5 Å². The number of nitrogens with one attached hydrogen (secondary N) is 1. The number of carbonyl (C=O) groups is 1. The number of aromatic nitrogens is 2. The van der Waals surface area contributed by atoms with E-state index in [1.54, 1.807) is 7.05 Å². The van der Waals surface area contributed by atoms with Crippen LogP contribution in [-0.2, 0) is 13.1 Å². The second-order valence-electron chi connectivity index (χ2n) is 6.28. The number of rotatable bonds is 6. The first-order valence-electron chi connectivity index (χ1n) is 8.35. The van der Waals surface area contributed by atoms with Gasteiger partial charge < -0.3 is 14.2 Å². The Morgan fingerprint density at radius 1 is 1.12 bits per heavy atom. The lowest BCUT2D eigenvalue weighted by atomic mass is 10.1. The molecule has 0 radical (unpaired) electrons. The van der Waals surface area contributed by atoms with Gasteiger partial charge in [0.25, 0.3) is 11.8 Å². The summed E-state index contributed by atoms with van der Waals surface area (Å²) in [6.45, 7) is 4.99.